The summed E-state index contributed by atoms with van der Waals surface area (Å²) in [6.07, 6.45) is 4.28. The van der Waals surface area contributed by atoms with E-state index in [0.29, 0.717) is 5.92 Å². The number of carbonyl (C=O) groups excluding carboxylic acids is 1. The average molecular weight is 338 g/mol. The normalized spacial score (nSPS) is 17.3. The summed E-state index contributed by atoms with van der Waals surface area (Å²) in [5.41, 5.74) is 1.21. The molecule has 1 fully saturated rings. The fourth-order valence-corrected chi connectivity index (χ4v) is 3.81. The van der Waals surface area contributed by atoms with Gasteiger partial charge < -0.3 is 10.2 Å². The lowest BCUT2D eigenvalue weighted by molar-refractivity contribution is 0.192. The van der Waals surface area contributed by atoms with Crippen LogP contribution in [0.1, 0.15) is 25.3 Å². The molecule has 0 aromatic heterocycles. The van der Waals surface area contributed by atoms with Crippen molar-refractivity contribution >= 4 is 15.9 Å². The molecular formula is C17H26N2O3S. The fraction of sp³-hybridized carbons (Fsp3) is 0.588. The van der Waals surface area contributed by atoms with E-state index >= 15 is 0 Å². The number of hydrogen-bond donors (Lipinski definition) is 1. The Morgan fingerprint density at radius 1 is 1.30 bits per heavy atom. The number of carbonyl (C=O) groups is 1. The highest BCUT2D eigenvalue weighted by atomic mass is 32.2. The van der Waals surface area contributed by atoms with Crippen molar-refractivity contribution in [1.29, 1.82) is 0 Å². The monoisotopic (exact) mass is 338 g/mol. The molecule has 0 radical (unpaired) electrons. The van der Waals surface area contributed by atoms with Crippen LogP contribution >= 0.6 is 0 Å². The number of sulfone groups is 1. The number of hydrogen-bond acceptors (Lipinski definition) is 3. The quantitative estimate of drug-likeness (QED) is 0.828. The lowest BCUT2D eigenvalue weighted by Gasteiger charge is -2.28. The summed E-state index contributed by atoms with van der Waals surface area (Å²) in [5.74, 6) is 0.502. The third kappa shape index (κ3) is 5.86. The number of rotatable bonds is 7. The largest absolute Gasteiger partial charge is 0.335 e. The highest BCUT2D eigenvalue weighted by Gasteiger charge is 2.33. The van der Waals surface area contributed by atoms with Gasteiger partial charge in [0, 0.05) is 25.4 Å². The van der Waals surface area contributed by atoms with Crippen molar-refractivity contribution in [2.45, 2.75) is 38.3 Å². The Morgan fingerprint density at radius 2 is 1.91 bits per heavy atom. The van der Waals surface area contributed by atoms with Crippen LogP contribution in [0, 0.1) is 5.92 Å². The molecule has 1 aliphatic rings. The molecule has 5 nitrogen and oxygen atoms in total. The second-order valence-corrected chi connectivity index (χ2v) is 8.82. The molecule has 23 heavy (non-hydrogen) atoms. The Bertz CT molecular complexity index is 626. The number of amides is 2. The van der Waals surface area contributed by atoms with Crippen LogP contribution in [0.5, 0.6) is 0 Å². The van der Waals surface area contributed by atoms with Crippen molar-refractivity contribution in [3.63, 3.8) is 0 Å². The molecule has 2 rings (SSSR count). The minimum atomic E-state index is -3.10. The van der Waals surface area contributed by atoms with Crippen molar-refractivity contribution in [2.75, 3.05) is 19.1 Å². The Balaban J connectivity index is 1.95. The summed E-state index contributed by atoms with van der Waals surface area (Å²) in [5, 5.41) is 3.09. The topological polar surface area (TPSA) is 66.5 Å². The Kier molecular flexibility index (Phi) is 5.68. The van der Waals surface area contributed by atoms with Crippen LogP contribution in [-0.2, 0) is 16.3 Å². The van der Waals surface area contributed by atoms with E-state index in [2.05, 4.69) is 17.4 Å². The zero-order chi connectivity index (χ0) is 17.0. The summed E-state index contributed by atoms with van der Waals surface area (Å²) in [7, 11) is -1.45. The van der Waals surface area contributed by atoms with Crippen molar-refractivity contribution in [3.8, 4) is 0 Å². The third-order valence-electron chi connectivity index (χ3n) is 4.32. The molecule has 1 aromatic carbocycles. The van der Waals surface area contributed by atoms with Gasteiger partial charge >= 0.3 is 6.03 Å². The van der Waals surface area contributed by atoms with Gasteiger partial charge in [-0.2, -0.15) is 0 Å². The smallest absolute Gasteiger partial charge is 0.317 e. The molecule has 0 saturated heterocycles. The first-order valence-corrected chi connectivity index (χ1v) is 10.1. The Labute approximate surface area is 139 Å². The number of urea groups is 1. The summed E-state index contributed by atoms with van der Waals surface area (Å²) < 4.78 is 22.8. The van der Waals surface area contributed by atoms with E-state index in [0.717, 1.165) is 19.3 Å². The van der Waals surface area contributed by atoms with Gasteiger partial charge in [0.1, 0.15) is 9.84 Å². The number of nitrogens with one attached hydrogen (secondary N) is 1. The van der Waals surface area contributed by atoms with Crippen LogP contribution in [0.25, 0.3) is 0 Å². The fourth-order valence-electron chi connectivity index (χ4n) is 2.71. The lowest BCUT2D eigenvalue weighted by Crippen LogP contribution is -2.49. The third-order valence-corrected chi connectivity index (χ3v) is 5.41. The lowest BCUT2D eigenvalue weighted by atomic mass is 10.0. The second kappa shape index (κ2) is 7.34. The molecule has 6 heteroatoms. The van der Waals surface area contributed by atoms with Gasteiger partial charge in [-0.1, -0.05) is 30.3 Å². The van der Waals surface area contributed by atoms with E-state index in [4.69, 9.17) is 0 Å². The SMILES string of the molecule is C[C@H](CS(C)(=O)=O)N(C)C(=O)N[C@@H](Cc1ccccc1)C1CC1. The molecule has 0 aliphatic heterocycles. The molecular weight excluding hydrogens is 312 g/mol. The molecule has 1 aliphatic carbocycles. The maximum Gasteiger partial charge on any atom is 0.317 e. The summed E-state index contributed by atoms with van der Waals surface area (Å²) >= 11 is 0. The highest BCUT2D eigenvalue weighted by molar-refractivity contribution is 7.90. The predicted octanol–water partition coefficient (Wildman–Crippen LogP) is 2.08. The average Bonchev–Trinajstić information content (AvgIpc) is 3.29. The van der Waals surface area contributed by atoms with Gasteiger partial charge in [0.05, 0.1) is 5.75 Å². The van der Waals surface area contributed by atoms with Crippen LogP contribution in [0.3, 0.4) is 0 Å². The molecule has 1 N–H and O–H groups in total. The summed E-state index contributed by atoms with van der Waals surface area (Å²) in [4.78, 5) is 13.9. The Hall–Kier alpha value is -1.56. The van der Waals surface area contributed by atoms with Crippen LogP contribution in [-0.4, -0.2) is 50.5 Å². The standard InChI is InChI=1S/C17H26N2O3S/c1-13(12-23(3,21)22)19(2)17(20)18-16(15-9-10-15)11-14-7-5-4-6-8-14/h4-8,13,15-16H,9-12H2,1-3H3,(H,18,20)/t13-,16+/m1/s1. The van der Waals surface area contributed by atoms with E-state index in [1.807, 2.05) is 18.2 Å². The van der Waals surface area contributed by atoms with Crippen molar-refractivity contribution in [3.05, 3.63) is 35.9 Å². The van der Waals surface area contributed by atoms with E-state index in [-0.39, 0.29) is 23.9 Å². The molecule has 0 spiro atoms. The molecule has 0 unspecified atom stereocenters. The zero-order valence-corrected chi connectivity index (χ0v) is 14.8. The molecule has 0 bridgehead atoms. The Morgan fingerprint density at radius 3 is 2.43 bits per heavy atom. The van der Waals surface area contributed by atoms with Crippen molar-refractivity contribution in [1.82, 2.24) is 10.2 Å². The van der Waals surface area contributed by atoms with Gasteiger partial charge in [0.2, 0.25) is 0 Å². The first-order chi connectivity index (χ1) is 10.8. The van der Waals surface area contributed by atoms with Gasteiger partial charge in [-0.25, -0.2) is 13.2 Å². The molecule has 1 aromatic rings. The van der Waals surface area contributed by atoms with Gasteiger partial charge in [0.15, 0.2) is 0 Å². The maximum atomic E-state index is 12.4. The summed E-state index contributed by atoms with van der Waals surface area (Å²) in [6, 6.07) is 9.68. The minimum Gasteiger partial charge on any atom is -0.335 e. The molecule has 0 heterocycles. The summed E-state index contributed by atoms with van der Waals surface area (Å²) in [6.45, 7) is 1.75. The zero-order valence-electron chi connectivity index (χ0n) is 14.0. The molecule has 2 amide bonds. The first kappa shape index (κ1) is 17.8. The molecule has 1 saturated carbocycles. The van der Waals surface area contributed by atoms with Gasteiger partial charge in [-0.15, -0.1) is 0 Å². The minimum absolute atomic E-state index is 0.0241. The first-order valence-electron chi connectivity index (χ1n) is 8.01. The van der Waals surface area contributed by atoms with Crippen LogP contribution in [0.2, 0.25) is 0 Å². The van der Waals surface area contributed by atoms with Crippen LogP contribution in [0.4, 0.5) is 4.79 Å². The van der Waals surface area contributed by atoms with Crippen LogP contribution in [0.15, 0.2) is 30.3 Å². The second-order valence-electron chi connectivity index (χ2n) is 6.64. The maximum absolute atomic E-state index is 12.4. The van der Waals surface area contributed by atoms with E-state index in [1.54, 1.807) is 14.0 Å². The number of benzene rings is 1. The van der Waals surface area contributed by atoms with Crippen LogP contribution < -0.4 is 5.32 Å². The van der Waals surface area contributed by atoms with E-state index in [9.17, 15) is 13.2 Å². The van der Waals surface area contributed by atoms with Gasteiger partial charge in [-0.3, -0.25) is 0 Å². The predicted molar refractivity (Wildman–Crippen MR) is 92.1 cm³/mol. The van der Waals surface area contributed by atoms with Gasteiger partial charge in [-0.05, 0) is 37.7 Å². The van der Waals surface area contributed by atoms with Gasteiger partial charge in [0.25, 0.3) is 0 Å². The van der Waals surface area contributed by atoms with Crippen molar-refractivity contribution < 1.29 is 13.2 Å². The highest BCUT2D eigenvalue weighted by Crippen LogP contribution is 2.34. The van der Waals surface area contributed by atoms with E-state index in [1.165, 1.54) is 16.7 Å². The molecule has 2 atom stereocenters. The number of nitrogens with zero attached hydrogens (tertiary/aromatic N) is 1. The van der Waals surface area contributed by atoms with E-state index < -0.39 is 9.84 Å². The molecule has 128 valence electrons. The van der Waals surface area contributed by atoms with Crippen molar-refractivity contribution in [2.24, 2.45) is 5.92 Å².